The monoisotopic (exact) mass is 221 g/mol. The molecule has 1 aromatic heterocycles. The molecule has 0 amide bonds. The second-order valence-electron chi connectivity index (χ2n) is 5.03. The van der Waals surface area contributed by atoms with Gasteiger partial charge in [0.2, 0.25) is 0 Å². The van der Waals surface area contributed by atoms with Gasteiger partial charge in [0.15, 0.2) is 0 Å². The molecule has 2 atom stereocenters. The molecule has 0 bridgehead atoms. The largest absolute Gasteiger partial charge is 0.391 e. The van der Waals surface area contributed by atoms with E-state index in [0.717, 1.165) is 44.8 Å². The van der Waals surface area contributed by atoms with E-state index in [2.05, 4.69) is 14.9 Å². The smallest absolute Gasteiger partial charge is 0.109 e. The molecule has 4 nitrogen and oxygen atoms in total. The van der Waals surface area contributed by atoms with Gasteiger partial charge in [-0.3, -0.25) is 0 Å². The number of rotatable bonds is 2. The second kappa shape index (κ2) is 4.18. The number of aliphatic hydroxyl groups excluding tert-OH is 1. The molecule has 1 aromatic rings. The summed E-state index contributed by atoms with van der Waals surface area (Å²) in [6, 6.07) is 0. The maximum Gasteiger partial charge on any atom is 0.109 e. The van der Waals surface area contributed by atoms with Gasteiger partial charge in [0.25, 0.3) is 0 Å². The normalized spacial score (nSPS) is 29.3. The third kappa shape index (κ3) is 1.87. The molecule has 0 saturated carbocycles. The Morgan fingerprint density at radius 2 is 2.44 bits per heavy atom. The number of aromatic nitrogens is 2. The van der Waals surface area contributed by atoms with Crippen molar-refractivity contribution >= 4 is 0 Å². The van der Waals surface area contributed by atoms with Crippen molar-refractivity contribution in [3.63, 3.8) is 0 Å². The summed E-state index contributed by atoms with van der Waals surface area (Å²) in [7, 11) is 0. The fraction of sp³-hybridized carbons (Fsp3) is 0.750. The highest BCUT2D eigenvalue weighted by atomic mass is 16.3. The predicted molar refractivity (Wildman–Crippen MR) is 61.2 cm³/mol. The van der Waals surface area contributed by atoms with Crippen LogP contribution in [0.5, 0.6) is 0 Å². The van der Waals surface area contributed by atoms with Crippen LogP contribution < -0.4 is 5.32 Å². The van der Waals surface area contributed by atoms with E-state index in [9.17, 15) is 5.11 Å². The van der Waals surface area contributed by atoms with Gasteiger partial charge >= 0.3 is 0 Å². The molecule has 3 heterocycles. The van der Waals surface area contributed by atoms with Crippen LogP contribution in [0.3, 0.4) is 0 Å². The third-order valence-corrected chi connectivity index (χ3v) is 3.78. The number of aryl methyl sites for hydroxylation is 1. The highest BCUT2D eigenvalue weighted by molar-refractivity contribution is 5.09. The summed E-state index contributed by atoms with van der Waals surface area (Å²) in [6.45, 7) is 3.00. The molecule has 1 fully saturated rings. The summed E-state index contributed by atoms with van der Waals surface area (Å²) in [5, 5.41) is 13.1. The molecule has 3 rings (SSSR count). The van der Waals surface area contributed by atoms with E-state index in [4.69, 9.17) is 0 Å². The Labute approximate surface area is 95.7 Å². The number of fused-ring (bicyclic) bond motifs is 1. The van der Waals surface area contributed by atoms with E-state index < -0.39 is 0 Å². The molecule has 88 valence electrons. The minimum absolute atomic E-state index is 0.179. The van der Waals surface area contributed by atoms with Crippen LogP contribution in [0.15, 0.2) is 6.20 Å². The lowest BCUT2D eigenvalue weighted by atomic mass is 10.0. The minimum Gasteiger partial charge on any atom is -0.391 e. The van der Waals surface area contributed by atoms with Gasteiger partial charge in [-0.1, -0.05) is 0 Å². The van der Waals surface area contributed by atoms with Crippen LogP contribution in [0.25, 0.3) is 0 Å². The molecular weight excluding hydrogens is 202 g/mol. The predicted octanol–water partition coefficient (Wildman–Crippen LogP) is 0.342. The summed E-state index contributed by atoms with van der Waals surface area (Å²) in [4.78, 5) is 4.52. The van der Waals surface area contributed by atoms with Crippen LogP contribution >= 0.6 is 0 Å². The highest BCUT2D eigenvalue weighted by Gasteiger charge is 2.22. The van der Waals surface area contributed by atoms with E-state index in [1.54, 1.807) is 0 Å². The van der Waals surface area contributed by atoms with E-state index in [1.165, 1.54) is 17.9 Å². The Balaban J connectivity index is 1.77. The molecule has 0 aromatic carbocycles. The van der Waals surface area contributed by atoms with E-state index in [-0.39, 0.29) is 6.10 Å². The van der Waals surface area contributed by atoms with Gasteiger partial charge in [0.1, 0.15) is 5.82 Å². The number of nitrogens with zero attached hydrogens (tertiary/aromatic N) is 2. The zero-order chi connectivity index (χ0) is 11.0. The minimum atomic E-state index is -0.179. The van der Waals surface area contributed by atoms with Gasteiger partial charge in [-0.2, -0.15) is 0 Å². The van der Waals surface area contributed by atoms with Gasteiger partial charge < -0.3 is 15.0 Å². The number of hydrogen-bond donors (Lipinski definition) is 2. The molecular formula is C12H19N3O. The lowest BCUT2D eigenvalue weighted by molar-refractivity contribution is 0.129. The topological polar surface area (TPSA) is 50.1 Å². The van der Waals surface area contributed by atoms with E-state index in [1.807, 2.05) is 6.20 Å². The lowest BCUT2D eigenvalue weighted by Crippen LogP contribution is -2.26. The van der Waals surface area contributed by atoms with Crippen molar-refractivity contribution < 1.29 is 5.11 Å². The maximum absolute atomic E-state index is 9.70. The van der Waals surface area contributed by atoms with Crippen LogP contribution in [-0.4, -0.2) is 33.9 Å². The molecule has 0 radical (unpaired) electrons. The second-order valence-corrected chi connectivity index (χ2v) is 5.03. The van der Waals surface area contributed by atoms with Gasteiger partial charge in [-0.15, -0.1) is 0 Å². The Kier molecular flexibility index (Phi) is 2.69. The van der Waals surface area contributed by atoms with Crippen molar-refractivity contribution in [2.24, 2.45) is 5.92 Å². The molecule has 0 aliphatic carbocycles. The Hall–Kier alpha value is -0.870. The van der Waals surface area contributed by atoms with Gasteiger partial charge in [0, 0.05) is 18.3 Å². The van der Waals surface area contributed by atoms with Crippen molar-refractivity contribution in [2.45, 2.75) is 38.3 Å². The average molecular weight is 221 g/mol. The number of imidazole rings is 1. The summed E-state index contributed by atoms with van der Waals surface area (Å²) >= 11 is 0. The lowest BCUT2D eigenvalue weighted by Gasteiger charge is -2.22. The Morgan fingerprint density at radius 3 is 3.25 bits per heavy atom. The molecule has 16 heavy (non-hydrogen) atoms. The average Bonchev–Trinajstić information content (AvgIpc) is 2.90. The maximum atomic E-state index is 9.70. The first-order valence-corrected chi connectivity index (χ1v) is 6.25. The van der Waals surface area contributed by atoms with Crippen LogP contribution in [0, 0.1) is 5.92 Å². The number of nitrogens with one attached hydrogen (secondary N) is 1. The molecule has 2 unspecified atom stereocenters. The first-order chi connectivity index (χ1) is 7.83. The molecule has 1 saturated heterocycles. The van der Waals surface area contributed by atoms with Gasteiger partial charge in [-0.25, -0.2) is 4.98 Å². The highest BCUT2D eigenvalue weighted by Crippen LogP contribution is 2.20. The van der Waals surface area contributed by atoms with E-state index in [0.29, 0.717) is 0 Å². The molecule has 4 heteroatoms. The van der Waals surface area contributed by atoms with Crippen LogP contribution in [-0.2, 0) is 19.4 Å². The standard InChI is InChI=1S/C12H19N3O/c16-11-2-1-10-7-14-12(15(10)8-11)5-9-3-4-13-6-9/h7,9,11,13,16H,1-6,8H2. The molecule has 0 spiro atoms. The zero-order valence-electron chi connectivity index (χ0n) is 9.52. The summed E-state index contributed by atoms with van der Waals surface area (Å²) in [5.41, 5.74) is 1.30. The van der Waals surface area contributed by atoms with Crippen LogP contribution in [0.4, 0.5) is 0 Å². The number of hydrogen-bond acceptors (Lipinski definition) is 3. The fourth-order valence-corrected chi connectivity index (χ4v) is 2.80. The van der Waals surface area contributed by atoms with Gasteiger partial charge in [0.05, 0.1) is 12.6 Å². The molecule has 2 aliphatic heterocycles. The van der Waals surface area contributed by atoms with Crippen LogP contribution in [0.2, 0.25) is 0 Å². The Bertz CT molecular complexity index is 368. The van der Waals surface area contributed by atoms with Crippen molar-refractivity contribution in [1.82, 2.24) is 14.9 Å². The molecule has 2 aliphatic rings. The van der Waals surface area contributed by atoms with Gasteiger partial charge in [-0.05, 0) is 38.3 Å². The summed E-state index contributed by atoms with van der Waals surface area (Å²) in [5.74, 6) is 1.90. The SMILES string of the molecule is OC1CCc2cnc(CC3CCNC3)n2C1. The van der Waals surface area contributed by atoms with Crippen molar-refractivity contribution in [3.05, 3.63) is 17.7 Å². The Morgan fingerprint density at radius 1 is 1.50 bits per heavy atom. The quantitative estimate of drug-likeness (QED) is 0.757. The summed E-state index contributed by atoms with van der Waals surface area (Å²) < 4.78 is 2.23. The zero-order valence-corrected chi connectivity index (χ0v) is 9.52. The first kappa shape index (κ1) is 10.3. The fourth-order valence-electron chi connectivity index (χ4n) is 2.80. The van der Waals surface area contributed by atoms with E-state index >= 15 is 0 Å². The molecule has 2 N–H and O–H groups in total. The number of aliphatic hydroxyl groups is 1. The van der Waals surface area contributed by atoms with Crippen molar-refractivity contribution in [1.29, 1.82) is 0 Å². The first-order valence-electron chi connectivity index (χ1n) is 6.25. The van der Waals surface area contributed by atoms with Crippen LogP contribution in [0.1, 0.15) is 24.4 Å². The van der Waals surface area contributed by atoms with Crippen molar-refractivity contribution in [2.75, 3.05) is 13.1 Å². The summed E-state index contributed by atoms with van der Waals surface area (Å²) in [6.07, 6.45) is 5.98. The van der Waals surface area contributed by atoms with Crippen molar-refractivity contribution in [3.8, 4) is 0 Å². The third-order valence-electron chi connectivity index (χ3n) is 3.78.